The van der Waals surface area contributed by atoms with E-state index in [1.54, 1.807) is 27.7 Å². The highest BCUT2D eigenvalue weighted by Gasteiger charge is 2.70. The highest BCUT2D eigenvalue weighted by molar-refractivity contribution is 5.19. The molecule has 2 saturated heterocycles. The Kier molecular flexibility index (Phi) is 2.86. The number of rotatable bonds is 1. The summed E-state index contributed by atoms with van der Waals surface area (Å²) in [4.78, 5) is 2.82. The second-order valence-corrected chi connectivity index (χ2v) is 6.41. The highest BCUT2D eigenvalue weighted by atomic mass is 16.8. The first-order chi connectivity index (χ1) is 9.21. The normalized spacial score (nSPS) is 48.2. The Bertz CT molecular complexity index is 476. The molecule has 1 spiro atoms. The maximum Gasteiger partial charge on any atom is 0.164 e. The van der Waals surface area contributed by atoms with Crippen molar-refractivity contribution in [3.8, 4) is 0 Å². The second-order valence-electron chi connectivity index (χ2n) is 6.41. The van der Waals surface area contributed by atoms with Gasteiger partial charge in [-0.15, -0.1) is 0 Å². The number of nitrogens with zero attached hydrogens (tertiary/aromatic N) is 3. The second kappa shape index (κ2) is 4.07. The fourth-order valence-electron chi connectivity index (χ4n) is 3.36. The van der Waals surface area contributed by atoms with E-state index in [1.807, 2.05) is 0 Å². The number of aliphatic hydroxyl groups excluding tert-OH is 1. The fourth-order valence-corrected chi connectivity index (χ4v) is 3.36. The highest BCUT2D eigenvalue weighted by Crippen LogP contribution is 2.51. The molecular weight excluding hydrogens is 266 g/mol. The zero-order valence-electron chi connectivity index (χ0n) is 11.9. The zero-order chi connectivity index (χ0) is 14.8. The van der Waals surface area contributed by atoms with Crippen LogP contribution in [-0.2, 0) is 18.9 Å². The van der Waals surface area contributed by atoms with Crippen molar-refractivity contribution in [3.63, 3.8) is 0 Å². The number of hydrogen-bond donors (Lipinski definition) is 1. The van der Waals surface area contributed by atoms with Gasteiger partial charge in [0, 0.05) is 4.91 Å². The van der Waals surface area contributed by atoms with E-state index in [-0.39, 0.29) is 6.61 Å². The molecule has 112 valence electrons. The average molecular weight is 285 g/mol. The van der Waals surface area contributed by atoms with Gasteiger partial charge in [-0.25, -0.2) is 0 Å². The van der Waals surface area contributed by atoms with E-state index < -0.39 is 41.5 Å². The van der Waals surface area contributed by atoms with Gasteiger partial charge in [0.25, 0.3) is 0 Å². The van der Waals surface area contributed by atoms with Gasteiger partial charge in [0.1, 0.15) is 23.9 Å². The molecule has 0 bridgehead atoms. The molecule has 3 rings (SSSR count). The lowest BCUT2D eigenvalue weighted by Gasteiger charge is -2.34. The van der Waals surface area contributed by atoms with Crippen molar-refractivity contribution in [1.82, 2.24) is 0 Å². The summed E-state index contributed by atoms with van der Waals surface area (Å²) in [7, 11) is 0. The van der Waals surface area contributed by atoms with Gasteiger partial charge in [0.2, 0.25) is 0 Å². The Hall–Kier alpha value is -0.890. The van der Waals surface area contributed by atoms with Crippen LogP contribution in [0.15, 0.2) is 5.11 Å². The quantitative estimate of drug-likeness (QED) is 0.441. The maximum atomic E-state index is 10.4. The van der Waals surface area contributed by atoms with Crippen LogP contribution in [0.1, 0.15) is 27.7 Å². The summed E-state index contributed by atoms with van der Waals surface area (Å²) in [5.41, 5.74) is 7.73. The summed E-state index contributed by atoms with van der Waals surface area (Å²) < 4.78 is 23.2. The largest absolute Gasteiger partial charge is 0.390 e. The van der Waals surface area contributed by atoms with Gasteiger partial charge >= 0.3 is 0 Å². The Morgan fingerprint density at radius 3 is 2.45 bits per heavy atom. The summed E-state index contributed by atoms with van der Waals surface area (Å²) in [6.07, 6.45) is -2.13. The van der Waals surface area contributed by atoms with Crippen LogP contribution in [0.25, 0.3) is 10.4 Å². The summed E-state index contributed by atoms with van der Waals surface area (Å²) in [6, 6.07) is -0.805. The topological polar surface area (TPSA) is 106 Å². The van der Waals surface area contributed by atoms with E-state index in [0.29, 0.717) is 0 Å². The first kappa shape index (κ1) is 14.1. The maximum absolute atomic E-state index is 10.4. The van der Waals surface area contributed by atoms with Gasteiger partial charge < -0.3 is 24.1 Å². The van der Waals surface area contributed by atoms with Crippen LogP contribution in [0, 0.1) is 0 Å². The van der Waals surface area contributed by atoms with Crippen LogP contribution in [0.2, 0.25) is 0 Å². The van der Waals surface area contributed by atoms with E-state index in [4.69, 9.17) is 24.5 Å². The third-order valence-corrected chi connectivity index (χ3v) is 4.03. The van der Waals surface area contributed by atoms with Crippen LogP contribution in [-0.4, -0.2) is 53.2 Å². The van der Waals surface area contributed by atoms with Crippen LogP contribution in [0.3, 0.4) is 0 Å². The molecule has 8 heteroatoms. The first-order valence-electron chi connectivity index (χ1n) is 6.63. The molecule has 0 radical (unpaired) electrons. The minimum absolute atomic E-state index is 0.182. The van der Waals surface area contributed by atoms with Crippen molar-refractivity contribution in [3.05, 3.63) is 10.4 Å². The molecular formula is C12H19N3O5. The number of fused-ring (bicyclic) bond motifs is 2. The lowest BCUT2D eigenvalue weighted by atomic mass is 9.96. The minimum Gasteiger partial charge on any atom is -0.390 e. The molecule has 1 N–H and O–H groups in total. The predicted octanol–water partition coefficient (Wildman–Crippen LogP) is 1.08. The van der Waals surface area contributed by atoms with Crippen LogP contribution >= 0.6 is 0 Å². The standard InChI is InChI=1S/C12H19N3O5/c1-10(2)17-5-12(20-10)8(14-15-13)6(16)7-9(12)19-11(3,4)18-7/h6-9,16H,5H2,1-4H3/t6-,7+,8-,9+,12+/m1/s1. The SMILES string of the molecule is CC1(C)O[C@H]2[C@@H](O)[C@@H](N=[N+]=[N-])[C@@]3(COC(C)(C)O3)[C@H]2O1. The summed E-state index contributed by atoms with van der Waals surface area (Å²) in [6.45, 7) is 7.27. The van der Waals surface area contributed by atoms with Gasteiger partial charge in [0.05, 0.1) is 12.7 Å². The van der Waals surface area contributed by atoms with Crippen molar-refractivity contribution in [1.29, 1.82) is 0 Å². The molecule has 5 atom stereocenters. The molecule has 0 aromatic heterocycles. The summed E-state index contributed by atoms with van der Waals surface area (Å²) in [5, 5.41) is 14.1. The molecule has 0 amide bonds. The molecule has 2 aliphatic heterocycles. The molecule has 1 saturated carbocycles. The van der Waals surface area contributed by atoms with Gasteiger partial charge in [-0.3, -0.25) is 0 Å². The van der Waals surface area contributed by atoms with Crippen molar-refractivity contribution < 1.29 is 24.1 Å². The molecule has 1 aliphatic carbocycles. The third kappa shape index (κ3) is 1.84. The molecule has 0 unspecified atom stereocenters. The van der Waals surface area contributed by atoms with Gasteiger partial charge in [-0.1, -0.05) is 5.11 Å². The van der Waals surface area contributed by atoms with Gasteiger partial charge in [-0.05, 0) is 33.2 Å². The van der Waals surface area contributed by atoms with Crippen molar-refractivity contribution in [2.24, 2.45) is 5.11 Å². The van der Waals surface area contributed by atoms with Crippen molar-refractivity contribution in [2.75, 3.05) is 6.61 Å². The Labute approximate surface area is 116 Å². The molecule has 8 nitrogen and oxygen atoms in total. The smallest absolute Gasteiger partial charge is 0.164 e. The molecule has 2 heterocycles. The Morgan fingerprint density at radius 1 is 1.20 bits per heavy atom. The average Bonchev–Trinajstić information content (AvgIpc) is 2.88. The van der Waals surface area contributed by atoms with Gasteiger partial charge in [0.15, 0.2) is 11.6 Å². The molecule has 20 heavy (non-hydrogen) atoms. The van der Waals surface area contributed by atoms with Crippen LogP contribution < -0.4 is 0 Å². The van der Waals surface area contributed by atoms with E-state index in [1.165, 1.54) is 0 Å². The van der Waals surface area contributed by atoms with Crippen LogP contribution in [0.5, 0.6) is 0 Å². The monoisotopic (exact) mass is 285 g/mol. The number of aliphatic hydroxyl groups is 1. The Balaban J connectivity index is 2.02. The molecule has 0 aromatic carbocycles. The predicted molar refractivity (Wildman–Crippen MR) is 66.6 cm³/mol. The summed E-state index contributed by atoms with van der Waals surface area (Å²) in [5.74, 6) is -1.64. The number of azide groups is 1. The van der Waals surface area contributed by atoms with E-state index in [0.717, 1.165) is 0 Å². The fraction of sp³-hybridized carbons (Fsp3) is 1.00. The lowest BCUT2D eigenvalue weighted by molar-refractivity contribution is -0.215. The van der Waals surface area contributed by atoms with Crippen LogP contribution in [0.4, 0.5) is 0 Å². The third-order valence-electron chi connectivity index (χ3n) is 4.03. The summed E-state index contributed by atoms with van der Waals surface area (Å²) >= 11 is 0. The zero-order valence-corrected chi connectivity index (χ0v) is 11.9. The molecule has 3 aliphatic rings. The molecule has 3 fully saturated rings. The lowest BCUT2D eigenvalue weighted by Crippen LogP contribution is -2.52. The minimum atomic E-state index is -1.02. The van der Waals surface area contributed by atoms with E-state index >= 15 is 0 Å². The first-order valence-corrected chi connectivity index (χ1v) is 6.63. The molecule has 0 aromatic rings. The number of ether oxygens (including phenoxy) is 4. The van der Waals surface area contributed by atoms with E-state index in [2.05, 4.69) is 10.0 Å². The van der Waals surface area contributed by atoms with Crippen molar-refractivity contribution in [2.45, 2.75) is 69.2 Å². The Morgan fingerprint density at radius 2 is 1.90 bits per heavy atom. The van der Waals surface area contributed by atoms with Crippen molar-refractivity contribution >= 4 is 0 Å². The van der Waals surface area contributed by atoms with Gasteiger partial charge in [-0.2, -0.15) is 0 Å². The van der Waals surface area contributed by atoms with E-state index in [9.17, 15) is 5.11 Å². The number of hydrogen-bond acceptors (Lipinski definition) is 6.